The summed E-state index contributed by atoms with van der Waals surface area (Å²) in [6.45, 7) is 2.67. The minimum atomic E-state index is -4.59. The largest absolute Gasteiger partial charge is 0.408 e. The predicted molar refractivity (Wildman–Crippen MR) is 98.4 cm³/mol. The summed E-state index contributed by atoms with van der Waals surface area (Å²) in [4.78, 5) is 29.7. The van der Waals surface area contributed by atoms with Crippen molar-refractivity contribution >= 4 is 29.2 Å². The van der Waals surface area contributed by atoms with Gasteiger partial charge in [-0.15, -0.1) is 0 Å². The minimum Gasteiger partial charge on any atom is -0.340 e. The zero-order valence-electron chi connectivity index (χ0n) is 15.8. The fraction of sp³-hybridized carbons (Fsp3) is 0.412. The van der Waals surface area contributed by atoms with Crippen LogP contribution >= 0.6 is 11.6 Å². The van der Waals surface area contributed by atoms with E-state index in [1.807, 2.05) is 5.32 Å². The van der Waals surface area contributed by atoms with Crippen LogP contribution in [0.4, 0.5) is 28.0 Å². The predicted octanol–water partition coefficient (Wildman–Crippen LogP) is 3.19. The van der Waals surface area contributed by atoms with Crippen molar-refractivity contribution in [2.45, 2.75) is 45.2 Å². The average molecular weight is 449 g/mol. The highest BCUT2D eigenvalue weighted by Crippen LogP contribution is 2.26. The highest BCUT2D eigenvalue weighted by Gasteiger charge is 2.38. The molecule has 2 aromatic heterocycles. The Kier molecular flexibility index (Phi) is 5.88. The first-order valence-corrected chi connectivity index (χ1v) is 9.16. The third kappa shape index (κ3) is 4.32. The van der Waals surface area contributed by atoms with Gasteiger partial charge in [0.15, 0.2) is 0 Å². The molecule has 0 aliphatic carbocycles. The Morgan fingerprint density at radius 2 is 2.07 bits per heavy atom. The van der Waals surface area contributed by atoms with E-state index in [0.29, 0.717) is 0 Å². The number of hydrogen-bond acceptors (Lipinski definition) is 4. The van der Waals surface area contributed by atoms with Gasteiger partial charge in [0.2, 0.25) is 5.95 Å². The second kappa shape index (κ2) is 8.09. The van der Waals surface area contributed by atoms with Gasteiger partial charge < -0.3 is 15.5 Å². The van der Waals surface area contributed by atoms with Crippen LogP contribution in [0.25, 0.3) is 0 Å². The van der Waals surface area contributed by atoms with Crippen LogP contribution in [0.5, 0.6) is 0 Å². The Balaban J connectivity index is 1.79. The van der Waals surface area contributed by atoms with Crippen LogP contribution in [-0.2, 0) is 13.1 Å². The molecule has 13 heteroatoms. The first kappa shape index (κ1) is 21.8. The van der Waals surface area contributed by atoms with Gasteiger partial charge in [-0.2, -0.15) is 22.7 Å². The second-order valence-corrected chi connectivity index (χ2v) is 7.17. The lowest BCUT2D eigenvalue weighted by Crippen LogP contribution is -2.48. The summed E-state index contributed by atoms with van der Waals surface area (Å²) in [5.74, 6) is -1.90. The number of amides is 3. The lowest BCUT2D eigenvalue weighted by atomic mass is 10.1. The number of fused-ring (bicyclic) bond motifs is 1. The van der Waals surface area contributed by atoms with Gasteiger partial charge in [-0.25, -0.2) is 9.78 Å². The second-order valence-electron chi connectivity index (χ2n) is 6.79. The van der Waals surface area contributed by atoms with Crippen molar-refractivity contribution in [2.75, 3.05) is 5.32 Å². The fourth-order valence-corrected chi connectivity index (χ4v) is 3.08. The first-order valence-electron chi connectivity index (χ1n) is 8.79. The number of urea groups is 1. The molecule has 0 fully saturated rings. The van der Waals surface area contributed by atoms with Crippen LogP contribution in [-0.4, -0.2) is 49.9 Å². The van der Waals surface area contributed by atoms with Crippen LogP contribution in [0.15, 0.2) is 18.5 Å². The van der Waals surface area contributed by atoms with E-state index < -0.39 is 30.1 Å². The molecule has 3 rings (SSSR count). The molecule has 3 amide bonds. The van der Waals surface area contributed by atoms with Gasteiger partial charge in [0.1, 0.15) is 11.1 Å². The summed E-state index contributed by atoms with van der Waals surface area (Å²) < 4.78 is 53.2. The molecule has 2 N–H and O–H groups in total. The van der Waals surface area contributed by atoms with Crippen LogP contribution in [0.2, 0.25) is 5.02 Å². The molecule has 1 aliphatic heterocycles. The van der Waals surface area contributed by atoms with E-state index in [1.54, 1.807) is 6.92 Å². The van der Waals surface area contributed by atoms with E-state index in [9.17, 15) is 27.2 Å². The van der Waals surface area contributed by atoms with Gasteiger partial charge in [0.25, 0.3) is 5.91 Å². The number of halogens is 5. The maximum absolute atomic E-state index is 13.5. The van der Waals surface area contributed by atoms with Crippen molar-refractivity contribution in [2.24, 2.45) is 0 Å². The van der Waals surface area contributed by atoms with Crippen molar-refractivity contribution in [3.05, 3.63) is 40.7 Å². The molecule has 2 atom stereocenters. The number of alkyl halides is 3. The SMILES string of the molecule is C[C@H]1Cn2ncc(C(=O)N[C@H](C)C(F)(F)F)c2CN1C(=O)Nc1ccnc(F)c1Cl. The average Bonchev–Trinajstić information content (AvgIpc) is 3.06. The molecule has 3 heterocycles. The lowest BCUT2D eigenvalue weighted by molar-refractivity contribution is -0.149. The van der Waals surface area contributed by atoms with Gasteiger partial charge in [0.05, 0.1) is 42.3 Å². The summed E-state index contributed by atoms with van der Waals surface area (Å²) in [5.41, 5.74) is 0.225. The van der Waals surface area contributed by atoms with E-state index in [1.165, 1.54) is 15.6 Å². The molecular formula is C17H17ClF4N6O2. The smallest absolute Gasteiger partial charge is 0.340 e. The lowest BCUT2D eigenvalue weighted by Gasteiger charge is -2.34. The zero-order valence-corrected chi connectivity index (χ0v) is 16.6. The molecule has 0 radical (unpaired) electrons. The quantitative estimate of drug-likeness (QED) is 0.557. The number of hydrogen-bond donors (Lipinski definition) is 2. The Morgan fingerprint density at radius 1 is 1.37 bits per heavy atom. The molecule has 30 heavy (non-hydrogen) atoms. The number of carbonyl (C=O) groups is 2. The molecule has 0 saturated carbocycles. The van der Waals surface area contributed by atoms with Crippen LogP contribution in [0.3, 0.4) is 0 Å². The highest BCUT2D eigenvalue weighted by atomic mass is 35.5. The number of pyridine rings is 1. The molecule has 2 aromatic rings. The van der Waals surface area contributed by atoms with E-state index in [4.69, 9.17) is 11.6 Å². The minimum absolute atomic E-state index is 0.0115. The van der Waals surface area contributed by atoms with Crippen LogP contribution < -0.4 is 10.6 Å². The number of aromatic nitrogens is 3. The number of anilines is 1. The van der Waals surface area contributed by atoms with Crippen molar-refractivity contribution in [3.8, 4) is 0 Å². The molecule has 162 valence electrons. The van der Waals surface area contributed by atoms with Crippen molar-refractivity contribution in [3.63, 3.8) is 0 Å². The third-order valence-electron chi connectivity index (χ3n) is 4.67. The Morgan fingerprint density at radius 3 is 2.73 bits per heavy atom. The van der Waals surface area contributed by atoms with Gasteiger partial charge in [-0.3, -0.25) is 9.48 Å². The van der Waals surface area contributed by atoms with E-state index in [2.05, 4.69) is 15.4 Å². The number of nitrogens with zero attached hydrogens (tertiary/aromatic N) is 4. The fourth-order valence-electron chi connectivity index (χ4n) is 2.92. The van der Waals surface area contributed by atoms with Crippen LogP contribution in [0, 0.1) is 5.95 Å². The van der Waals surface area contributed by atoms with E-state index >= 15 is 0 Å². The molecule has 0 spiro atoms. The number of carbonyl (C=O) groups excluding carboxylic acids is 2. The molecule has 0 bridgehead atoms. The molecule has 1 aliphatic rings. The highest BCUT2D eigenvalue weighted by molar-refractivity contribution is 6.33. The van der Waals surface area contributed by atoms with E-state index in [0.717, 1.165) is 19.3 Å². The Labute approximate surface area is 173 Å². The zero-order chi connectivity index (χ0) is 22.2. The maximum atomic E-state index is 13.5. The summed E-state index contributed by atoms with van der Waals surface area (Å²) >= 11 is 5.80. The van der Waals surface area contributed by atoms with Crippen molar-refractivity contribution in [1.29, 1.82) is 0 Å². The molecule has 0 unspecified atom stereocenters. The van der Waals surface area contributed by atoms with Crippen molar-refractivity contribution in [1.82, 2.24) is 25.0 Å². The normalized spacial score (nSPS) is 17.3. The van der Waals surface area contributed by atoms with Gasteiger partial charge in [-0.05, 0) is 19.9 Å². The standard InChI is InChI=1S/C17H17ClF4N6O2/c1-8-6-28-12(10(5-24-28)15(29)25-9(2)17(20,21)22)7-27(8)16(30)26-11-3-4-23-14(19)13(11)18/h3-5,8-9H,6-7H2,1-2H3,(H,25,29)(H,23,26,30)/t8-,9+/m0/s1. The molecule has 0 aromatic carbocycles. The maximum Gasteiger partial charge on any atom is 0.408 e. The summed E-state index contributed by atoms with van der Waals surface area (Å²) in [5, 5.41) is 8.03. The Hall–Kier alpha value is -2.89. The molecular weight excluding hydrogens is 432 g/mol. The summed E-state index contributed by atoms with van der Waals surface area (Å²) in [7, 11) is 0. The topological polar surface area (TPSA) is 92.2 Å². The monoisotopic (exact) mass is 448 g/mol. The Bertz CT molecular complexity index is 980. The van der Waals surface area contributed by atoms with E-state index in [-0.39, 0.29) is 41.1 Å². The van der Waals surface area contributed by atoms with Crippen LogP contribution in [0.1, 0.15) is 29.9 Å². The molecule has 0 saturated heterocycles. The first-order chi connectivity index (χ1) is 14.0. The number of nitrogens with one attached hydrogen (secondary N) is 2. The van der Waals surface area contributed by atoms with Crippen molar-refractivity contribution < 1.29 is 27.2 Å². The summed E-state index contributed by atoms with van der Waals surface area (Å²) in [6, 6.07) is -1.73. The summed E-state index contributed by atoms with van der Waals surface area (Å²) in [6.07, 6.45) is -2.30. The molecule has 8 nitrogen and oxygen atoms in total. The van der Waals surface area contributed by atoms with Gasteiger partial charge in [-0.1, -0.05) is 11.6 Å². The van der Waals surface area contributed by atoms with Gasteiger partial charge >= 0.3 is 12.2 Å². The van der Waals surface area contributed by atoms with Gasteiger partial charge in [0, 0.05) is 6.20 Å². The third-order valence-corrected chi connectivity index (χ3v) is 5.03. The number of rotatable bonds is 3.